The summed E-state index contributed by atoms with van der Waals surface area (Å²) < 4.78 is 27.4. The van der Waals surface area contributed by atoms with Crippen LogP contribution >= 0.6 is 11.3 Å². The molecule has 146 valence electrons. The standard InChI is InChI=1S/C18H23N3O4S2/c1-12(22)5-7-20-27(24,25)16-4-3-14-6-8-21(10-15(14)9-16)18(23)17-13(2)19-11-26-17/h3-4,9,11-12,20,22H,5-8,10H2,1-2H3/t12-/m1/s1. The molecule has 7 nitrogen and oxygen atoms in total. The molecule has 0 saturated carbocycles. The lowest BCUT2D eigenvalue weighted by atomic mass is 10.00. The first-order valence-electron chi connectivity index (χ1n) is 8.77. The third kappa shape index (κ3) is 4.55. The lowest BCUT2D eigenvalue weighted by molar-refractivity contribution is 0.0738. The minimum absolute atomic E-state index is 0.0658. The van der Waals surface area contributed by atoms with Gasteiger partial charge >= 0.3 is 0 Å². The van der Waals surface area contributed by atoms with Crippen LogP contribution in [-0.2, 0) is 23.0 Å². The molecule has 2 aromatic rings. The van der Waals surface area contributed by atoms with Gasteiger partial charge in [0.05, 0.1) is 22.2 Å². The number of carbonyl (C=O) groups excluding carboxylic acids is 1. The molecule has 2 N–H and O–H groups in total. The topological polar surface area (TPSA) is 99.6 Å². The summed E-state index contributed by atoms with van der Waals surface area (Å²) in [5.74, 6) is -0.0658. The third-order valence-electron chi connectivity index (χ3n) is 4.58. The molecule has 0 saturated heterocycles. The number of aliphatic hydroxyl groups is 1. The van der Waals surface area contributed by atoms with Gasteiger partial charge in [0, 0.05) is 19.6 Å². The number of sulfonamides is 1. The molecule has 1 aliphatic rings. The Balaban J connectivity index is 1.77. The Labute approximate surface area is 163 Å². The van der Waals surface area contributed by atoms with Gasteiger partial charge in [-0.15, -0.1) is 11.3 Å². The normalized spacial score (nSPS) is 15.4. The molecule has 9 heteroatoms. The number of fused-ring (bicyclic) bond motifs is 1. The van der Waals surface area contributed by atoms with Gasteiger partial charge in [0.25, 0.3) is 5.91 Å². The summed E-state index contributed by atoms with van der Waals surface area (Å²) in [7, 11) is -3.65. The zero-order valence-electron chi connectivity index (χ0n) is 15.3. The van der Waals surface area contributed by atoms with Crippen molar-refractivity contribution in [2.24, 2.45) is 0 Å². The van der Waals surface area contributed by atoms with Crippen LogP contribution in [0.1, 0.15) is 39.8 Å². The smallest absolute Gasteiger partial charge is 0.266 e. The van der Waals surface area contributed by atoms with Crippen LogP contribution in [0.4, 0.5) is 0 Å². The molecule has 2 heterocycles. The molecule has 27 heavy (non-hydrogen) atoms. The minimum Gasteiger partial charge on any atom is -0.393 e. The van der Waals surface area contributed by atoms with Crippen molar-refractivity contribution >= 4 is 27.3 Å². The molecular weight excluding hydrogens is 386 g/mol. The number of carbonyl (C=O) groups is 1. The van der Waals surface area contributed by atoms with Crippen LogP contribution in [0, 0.1) is 6.92 Å². The zero-order chi connectivity index (χ0) is 19.6. The van der Waals surface area contributed by atoms with E-state index in [1.54, 1.807) is 29.5 Å². The summed E-state index contributed by atoms with van der Waals surface area (Å²) in [6.45, 7) is 4.58. The summed E-state index contributed by atoms with van der Waals surface area (Å²) in [6, 6.07) is 5.05. The highest BCUT2D eigenvalue weighted by Crippen LogP contribution is 2.25. The van der Waals surface area contributed by atoms with E-state index in [1.165, 1.54) is 11.3 Å². The maximum atomic E-state index is 12.7. The van der Waals surface area contributed by atoms with Crippen molar-refractivity contribution in [3.63, 3.8) is 0 Å². The third-order valence-corrected chi connectivity index (χ3v) is 6.96. The first-order valence-corrected chi connectivity index (χ1v) is 11.1. The minimum atomic E-state index is -3.65. The number of hydrogen-bond acceptors (Lipinski definition) is 6. The number of hydrogen-bond donors (Lipinski definition) is 2. The van der Waals surface area contributed by atoms with Gasteiger partial charge in [0.2, 0.25) is 10.0 Å². The molecule has 0 fully saturated rings. The van der Waals surface area contributed by atoms with Gasteiger partial charge in [-0.3, -0.25) is 4.79 Å². The summed E-state index contributed by atoms with van der Waals surface area (Å²) in [5, 5.41) is 9.28. The molecule has 1 atom stereocenters. The molecule has 1 aliphatic heterocycles. The average molecular weight is 410 g/mol. The monoisotopic (exact) mass is 409 g/mol. The highest BCUT2D eigenvalue weighted by Gasteiger charge is 2.25. The van der Waals surface area contributed by atoms with Gasteiger partial charge < -0.3 is 10.0 Å². The Kier molecular flexibility index (Phi) is 5.95. The van der Waals surface area contributed by atoms with E-state index in [2.05, 4.69) is 9.71 Å². The van der Waals surface area contributed by atoms with Crippen molar-refractivity contribution in [2.45, 2.75) is 44.2 Å². The number of benzene rings is 1. The molecule has 1 aromatic heterocycles. The first kappa shape index (κ1) is 19.9. The predicted octanol–water partition coefficient (Wildman–Crippen LogP) is 1.70. The van der Waals surface area contributed by atoms with Crippen molar-refractivity contribution in [2.75, 3.05) is 13.1 Å². The Morgan fingerprint density at radius 3 is 2.85 bits per heavy atom. The second kappa shape index (κ2) is 8.05. The van der Waals surface area contributed by atoms with Crippen LogP contribution in [0.25, 0.3) is 0 Å². The van der Waals surface area contributed by atoms with Gasteiger partial charge in [-0.1, -0.05) is 6.07 Å². The molecule has 1 amide bonds. The van der Waals surface area contributed by atoms with Crippen molar-refractivity contribution in [3.05, 3.63) is 45.4 Å². The number of amides is 1. The van der Waals surface area contributed by atoms with E-state index in [0.717, 1.165) is 16.8 Å². The van der Waals surface area contributed by atoms with E-state index in [4.69, 9.17) is 0 Å². The van der Waals surface area contributed by atoms with Gasteiger partial charge in [-0.25, -0.2) is 18.1 Å². The maximum absolute atomic E-state index is 12.7. The Morgan fingerprint density at radius 1 is 1.41 bits per heavy atom. The Hall–Kier alpha value is -1.81. The highest BCUT2D eigenvalue weighted by molar-refractivity contribution is 7.89. The predicted molar refractivity (Wildman–Crippen MR) is 103 cm³/mol. The summed E-state index contributed by atoms with van der Waals surface area (Å²) in [5.41, 5.74) is 4.27. The van der Waals surface area contributed by atoms with E-state index in [1.807, 2.05) is 13.0 Å². The summed E-state index contributed by atoms with van der Waals surface area (Å²) in [4.78, 5) is 19.4. The van der Waals surface area contributed by atoms with Crippen LogP contribution in [0.5, 0.6) is 0 Å². The van der Waals surface area contributed by atoms with Crippen LogP contribution in [0.15, 0.2) is 28.6 Å². The summed E-state index contributed by atoms with van der Waals surface area (Å²) >= 11 is 1.32. The van der Waals surface area contributed by atoms with Gasteiger partial charge in [-0.2, -0.15) is 0 Å². The molecule has 0 bridgehead atoms. The Morgan fingerprint density at radius 2 is 2.19 bits per heavy atom. The number of aliphatic hydroxyl groups excluding tert-OH is 1. The second-order valence-electron chi connectivity index (χ2n) is 6.71. The molecule has 0 spiro atoms. The maximum Gasteiger partial charge on any atom is 0.266 e. The van der Waals surface area contributed by atoms with Crippen LogP contribution in [-0.4, -0.2) is 48.5 Å². The molecular formula is C18H23N3O4S2. The van der Waals surface area contributed by atoms with E-state index in [9.17, 15) is 18.3 Å². The van der Waals surface area contributed by atoms with Gasteiger partial charge in [0.1, 0.15) is 4.88 Å². The van der Waals surface area contributed by atoms with Crippen molar-refractivity contribution < 1.29 is 18.3 Å². The molecule has 0 unspecified atom stereocenters. The van der Waals surface area contributed by atoms with Crippen LogP contribution in [0.3, 0.4) is 0 Å². The number of aromatic nitrogens is 1. The van der Waals surface area contributed by atoms with Crippen molar-refractivity contribution in [1.29, 1.82) is 0 Å². The molecule has 0 aliphatic carbocycles. The number of aryl methyl sites for hydroxylation is 1. The summed E-state index contributed by atoms with van der Waals surface area (Å²) in [6.07, 6.45) is 0.473. The van der Waals surface area contributed by atoms with Crippen LogP contribution < -0.4 is 4.72 Å². The number of thiazole rings is 1. The van der Waals surface area contributed by atoms with Crippen LogP contribution in [0.2, 0.25) is 0 Å². The SMILES string of the molecule is Cc1ncsc1C(=O)N1CCc2ccc(S(=O)(=O)NCC[C@@H](C)O)cc2C1. The fraction of sp³-hybridized carbons (Fsp3) is 0.444. The van der Waals surface area contributed by atoms with E-state index in [0.29, 0.717) is 30.8 Å². The number of nitrogens with one attached hydrogen (secondary N) is 1. The average Bonchev–Trinajstić information content (AvgIpc) is 3.05. The Bertz CT molecular complexity index is 938. The van der Waals surface area contributed by atoms with E-state index >= 15 is 0 Å². The lowest BCUT2D eigenvalue weighted by Gasteiger charge is -2.29. The number of nitrogens with zero attached hydrogens (tertiary/aromatic N) is 2. The van der Waals surface area contributed by atoms with Crippen molar-refractivity contribution in [3.8, 4) is 0 Å². The lowest BCUT2D eigenvalue weighted by Crippen LogP contribution is -2.36. The highest BCUT2D eigenvalue weighted by atomic mass is 32.2. The fourth-order valence-electron chi connectivity index (χ4n) is 3.01. The zero-order valence-corrected chi connectivity index (χ0v) is 16.9. The molecule has 3 rings (SSSR count). The largest absolute Gasteiger partial charge is 0.393 e. The van der Waals surface area contributed by atoms with Gasteiger partial charge in [0.15, 0.2) is 0 Å². The molecule has 1 aromatic carbocycles. The second-order valence-corrected chi connectivity index (χ2v) is 9.33. The van der Waals surface area contributed by atoms with Crippen molar-refractivity contribution in [1.82, 2.24) is 14.6 Å². The van der Waals surface area contributed by atoms with E-state index in [-0.39, 0.29) is 17.3 Å². The molecule has 0 radical (unpaired) electrons. The number of rotatable bonds is 6. The fourth-order valence-corrected chi connectivity index (χ4v) is 4.88. The first-order chi connectivity index (χ1) is 12.8. The van der Waals surface area contributed by atoms with E-state index < -0.39 is 16.1 Å². The quantitative estimate of drug-likeness (QED) is 0.756. The van der Waals surface area contributed by atoms with Gasteiger partial charge in [-0.05, 0) is 49.9 Å².